The second kappa shape index (κ2) is 9.34. The minimum atomic E-state index is -0.0441. The fourth-order valence-corrected chi connectivity index (χ4v) is 3.55. The van der Waals surface area contributed by atoms with E-state index >= 15 is 0 Å². The Bertz CT molecular complexity index is 1240. The van der Waals surface area contributed by atoms with Crippen molar-refractivity contribution in [1.82, 2.24) is 9.55 Å². The second-order valence-electron chi connectivity index (χ2n) is 7.26. The number of anilines is 1. The Morgan fingerprint density at radius 2 is 1.71 bits per heavy atom. The van der Waals surface area contributed by atoms with Crippen molar-refractivity contribution in [2.24, 2.45) is 0 Å². The molecule has 1 heterocycles. The molecule has 31 heavy (non-hydrogen) atoms. The van der Waals surface area contributed by atoms with Gasteiger partial charge in [-0.2, -0.15) is 0 Å². The van der Waals surface area contributed by atoms with E-state index < -0.39 is 0 Å². The molecule has 0 fully saturated rings. The van der Waals surface area contributed by atoms with Crippen molar-refractivity contribution in [3.05, 3.63) is 94.5 Å². The number of nitrogens with zero attached hydrogens (tertiary/aromatic N) is 2. The third kappa shape index (κ3) is 4.69. The molecule has 3 aromatic carbocycles. The molecular formula is C25H25N3O3. The van der Waals surface area contributed by atoms with Crippen molar-refractivity contribution in [3.8, 4) is 11.5 Å². The van der Waals surface area contributed by atoms with Crippen LogP contribution in [0.2, 0.25) is 0 Å². The van der Waals surface area contributed by atoms with Crippen molar-refractivity contribution in [2.75, 3.05) is 26.1 Å². The summed E-state index contributed by atoms with van der Waals surface area (Å²) < 4.78 is 12.3. The Balaban J connectivity index is 1.48. The van der Waals surface area contributed by atoms with E-state index in [0.717, 1.165) is 35.5 Å². The highest BCUT2D eigenvalue weighted by Crippen LogP contribution is 2.27. The predicted octanol–water partition coefficient (Wildman–Crippen LogP) is 4.12. The molecule has 158 valence electrons. The van der Waals surface area contributed by atoms with Crippen LogP contribution in [0.4, 0.5) is 5.69 Å². The number of benzene rings is 3. The molecule has 6 nitrogen and oxygen atoms in total. The summed E-state index contributed by atoms with van der Waals surface area (Å²) in [4.78, 5) is 17.4. The zero-order valence-corrected chi connectivity index (χ0v) is 17.7. The van der Waals surface area contributed by atoms with Gasteiger partial charge in [0.15, 0.2) is 11.5 Å². The van der Waals surface area contributed by atoms with Gasteiger partial charge in [-0.25, -0.2) is 4.98 Å². The molecule has 0 saturated carbocycles. The van der Waals surface area contributed by atoms with Gasteiger partial charge in [0.1, 0.15) is 0 Å². The first kappa shape index (κ1) is 20.5. The highest BCUT2D eigenvalue weighted by molar-refractivity contribution is 5.81. The molecule has 4 aromatic rings. The fourth-order valence-electron chi connectivity index (χ4n) is 3.55. The lowest BCUT2D eigenvalue weighted by Crippen LogP contribution is -2.21. The van der Waals surface area contributed by atoms with Crippen molar-refractivity contribution < 1.29 is 9.47 Å². The maximum absolute atomic E-state index is 13.0. The maximum Gasteiger partial charge on any atom is 0.261 e. The number of methoxy groups -OCH3 is 2. The van der Waals surface area contributed by atoms with E-state index in [-0.39, 0.29) is 5.56 Å². The molecule has 0 unspecified atom stereocenters. The monoisotopic (exact) mass is 415 g/mol. The van der Waals surface area contributed by atoms with Gasteiger partial charge in [-0.05, 0) is 47.9 Å². The lowest BCUT2D eigenvalue weighted by molar-refractivity contribution is 0.354. The molecule has 1 N–H and O–H groups in total. The number of ether oxygens (including phenoxy) is 2. The highest BCUT2D eigenvalue weighted by atomic mass is 16.5. The molecule has 0 bridgehead atoms. The molecule has 4 rings (SSSR count). The van der Waals surface area contributed by atoms with Crippen molar-refractivity contribution in [3.63, 3.8) is 0 Å². The number of fused-ring (bicyclic) bond motifs is 1. The Morgan fingerprint density at radius 3 is 2.48 bits per heavy atom. The van der Waals surface area contributed by atoms with E-state index in [9.17, 15) is 4.79 Å². The molecule has 0 aliphatic heterocycles. The van der Waals surface area contributed by atoms with Gasteiger partial charge < -0.3 is 14.8 Å². The van der Waals surface area contributed by atoms with Crippen LogP contribution in [0.5, 0.6) is 11.5 Å². The third-order valence-electron chi connectivity index (χ3n) is 5.21. The summed E-state index contributed by atoms with van der Waals surface area (Å²) in [6, 6.07) is 21.5. The minimum absolute atomic E-state index is 0.0441. The van der Waals surface area contributed by atoms with E-state index in [1.807, 2.05) is 66.7 Å². The quantitative estimate of drug-likeness (QED) is 0.469. The van der Waals surface area contributed by atoms with Gasteiger partial charge in [-0.15, -0.1) is 0 Å². The van der Waals surface area contributed by atoms with Crippen LogP contribution >= 0.6 is 0 Å². The summed E-state index contributed by atoms with van der Waals surface area (Å²) in [7, 11) is 3.26. The Morgan fingerprint density at radius 1 is 0.903 bits per heavy atom. The molecule has 0 amide bonds. The van der Waals surface area contributed by atoms with Crippen molar-refractivity contribution in [2.45, 2.75) is 13.0 Å². The molecule has 0 spiro atoms. The topological polar surface area (TPSA) is 65.4 Å². The zero-order valence-electron chi connectivity index (χ0n) is 17.7. The first-order valence-electron chi connectivity index (χ1n) is 10.2. The Labute approximate surface area is 181 Å². The van der Waals surface area contributed by atoms with Crippen LogP contribution in [-0.2, 0) is 13.0 Å². The normalized spacial score (nSPS) is 10.8. The van der Waals surface area contributed by atoms with Crippen molar-refractivity contribution in [1.29, 1.82) is 0 Å². The largest absolute Gasteiger partial charge is 0.493 e. The van der Waals surface area contributed by atoms with Crippen LogP contribution in [-0.4, -0.2) is 30.3 Å². The summed E-state index contributed by atoms with van der Waals surface area (Å²) in [5.41, 5.74) is 3.74. The van der Waals surface area contributed by atoms with Gasteiger partial charge in [0.2, 0.25) is 0 Å². The lowest BCUT2D eigenvalue weighted by Gasteiger charge is -2.11. The van der Waals surface area contributed by atoms with E-state index in [0.29, 0.717) is 23.2 Å². The molecule has 0 atom stereocenters. The summed E-state index contributed by atoms with van der Waals surface area (Å²) in [5.74, 6) is 1.43. The SMILES string of the molecule is COc1ccc(CCNc2ccc3ncn(Cc4ccccc4)c(=O)c3c2)cc1OC. The van der Waals surface area contributed by atoms with E-state index in [1.54, 1.807) is 25.1 Å². The van der Waals surface area contributed by atoms with E-state index in [4.69, 9.17) is 9.47 Å². The first-order chi connectivity index (χ1) is 15.2. The number of rotatable bonds is 8. The van der Waals surface area contributed by atoms with Crippen LogP contribution in [0, 0.1) is 0 Å². The molecule has 6 heteroatoms. The average molecular weight is 415 g/mol. The number of nitrogens with one attached hydrogen (secondary N) is 1. The fraction of sp³-hybridized carbons (Fsp3) is 0.200. The van der Waals surface area contributed by atoms with E-state index in [2.05, 4.69) is 10.3 Å². The zero-order chi connectivity index (χ0) is 21.6. The molecule has 0 radical (unpaired) electrons. The predicted molar refractivity (Wildman–Crippen MR) is 123 cm³/mol. The van der Waals surface area contributed by atoms with Crippen LogP contribution in [0.15, 0.2) is 77.9 Å². The number of aromatic nitrogens is 2. The minimum Gasteiger partial charge on any atom is -0.493 e. The van der Waals surface area contributed by atoms with Gasteiger partial charge in [0, 0.05) is 12.2 Å². The number of hydrogen-bond acceptors (Lipinski definition) is 5. The molecule has 0 aliphatic rings. The van der Waals surface area contributed by atoms with Crippen LogP contribution in [0.3, 0.4) is 0 Å². The molecule has 0 saturated heterocycles. The van der Waals surface area contributed by atoms with Gasteiger partial charge >= 0.3 is 0 Å². The van der Waals surface area contributed by atoms with Gasteiger partial charge in [0.25, 0.3) is 5.56 Å². The Kier molecular flexibility index (Phi) is 6.17. The van der Waals surface area contributed by atoms with Crippen LogP contribution in [0.25, 0.3) is 10.9 Å². The average Bonchev–Trinajstić information content (AvgIpc) is 2.81. The summed E-state index contributed by atoms with van der Waals surface area (Å²) in [6.45, 7) is 1.22. The third-order valence-corrected chi connectivity index (χ3v) is 5.21. The standard InChI is InChI=1S/C25H25N3O3/c1-30-23-11-8-18(14-24(23)31-2)12-13-26-20-9-10-22-21(15-20)25(29)28(17-27-22)16-19-6-4-3-5-7-19/h3-11,14-15,17,26H,12-13,16H2,1-2H3. The van der Waals surface area contributed by atoms with Gasteiger partial charge in [0.05, 0.1) is 38.0 Å². The van der Waals surface area contributed by atoms with E-state index in [1.165, 1.54) is 0 Å². The smallest absolute Gasteiger partial charge is 0.261 e. The molecular weight excluding hydrogens is 390 g/mol. The second-order valence-corrected chi connectivity index (χ2v) is 7.26. The molecule has 0 aliphatic carbocycles. The lowest BCUT2D eigenvalue weighted by atomic mass is 10.1. The summed E-state index contributed by atoms with van der Waals surface area (Å²) >= 11 is 0. The van der Waals surface area contributed by atoms with Gasteiger partial charge in [-0.3, -0.25) is 9.36 Å². The summed E-state index contributed by atoms with van der Waals surface area (Å²) in [5, 5.41) is 4.01. The maximum atomic E-state index is 13.0. The Hall–Kier alpha value is -3.80. The molecule has 1 aromatic heterocycles. The first-order valence-corrected chi connectivity index (χ1v) is 10.2. The highest BCUT2D eigenvalue weighted by Gasteiger charge is 2.07. The van der Waals surface area contributed by atoms with Crippen molar-refractivity contribution >= 4 is 16.6 Å². The van der Waals surface area contributed by atoms with Crippen LogP contribution < -0.4 is 20.3 Å². The van der Waals surface area contributed by atoms with Gasteiger partial charge in [-0.1, -0.05) is 36.4 Å². The summed E-state index contributed by atoms with van der Waals surface area (Å²) in [6.07, 6.45) is 2.42. The number of hydrogen-bond donors (Lipinski definition) is 1. The van der Waals surface area contributed by atoms with Crippen LogP contribution in [0.1, 0.15) is 11.1 Å².